The lowest BCUT2D eigenvalue weighted by Crippen LogP contribution is -2.21. The van der Waals surface area contributed by atoms with Crippen molar-refractivity contribution in [2.45, 2.75) is 33.4 Å². The molecule has 0 amide bonds. The fraction of sp³-hybridized carbons (Fsp3) is 0.294. The highest BCUT2D eigenvalue weighted by Gasteiger charge is 2.07. The molecule has 1 N–H and O–H groups in total. The number of benzene rings is 2. The van der Waals surface area contributed by atoms with E-state index >= 15 is 0 Å². The Hall–Kier alpha value is -1.58. The van der Waals surface area contributed by atoms with Crippen LogP contribution >= 0.6 is 11.6 Å². The number of ether oxygens (including phenoxy) is 1. The highest BCUT2D eigenvalue weighted by atomic mass is 35.5. The molecule has 2 aromatic rings. The molecule has 0 radical (unpaired) electrons. The van der Waals surface area contributed by atoms with Crippen molar-refractivity contribution in [3.05, 3.63) is 58.4 Å². The first kappa shape index (κ1) is 15.8. The van der Waals surface area contributed by atoms with E-state index in [1.54, 1.807) is 24.3 Å². The minimum absolute atomic E-state index is 0.213. The SMILES string of the molecule is Cc1cc(Oc2ccc(CNC(C)C)cc2F)ccc1Cl. The Morgan fingerprint density at radius 3 is 2.57 bits per heavy atom. The summed E-state index contributed by atoms with van der Waals surface area (Å²) in [6.45, 7) is 6.62. The lowest BCUT2D eigenvalue weighted by molar-refractivity contribution is 0.441. The van der Waals surface area contributed by atoms with Crippen molar-refractivity contribution < 1.29 is 9.13 Å². The maximum absolute atomic E-state index is 14.1. The van der Waals surface area contributed by atoms with Gasteiger partial charge in [-0.25, -0.2) is 4.39 Å². The third kappa shape index (κ3) is 4.45. The molecular weight excluding hydrogens is 289 g/mol. The van der Waals surface area contributed by atoms with Gasteiger partial charge in [0.1, 0.15) is 5.75 Å². The summed E-state index contributed by atoms with van der Waals surface area (Å²) < 4.78 is 19.6. The summed E-state index contributed by atoms with van der Waals surface area (Å²) in [7, 11) is 0. The molecule has 0 heterocycles. The van der Waals surface area contributed by atoms with Crippen molar-refractivity contribution in [2.75, 3.05) is 0 Å². The number of hydrogen-bond donors (Lipinski definition) is 1. The van der Waals surface area contributed by atoms with Crippen LogP contribution in [0.15, 0.2) is 36.4 Å². The van der Waals surface area contributed by atoms with E-state index in [1.807, 2.05) is 13.0 Å². The van der Waals surface area contributed by atoms with E-state index in [9.17, 15) is 4.39 Å². The molecule has 0 unspecified atom stereocenters. The van der Waals surface area contributed by atoms with E-state index in [0.29, 0.717) is 23.4 Å². The maximum Gasteiger partial charge on any atom is 0.166 e. The monoisotopic (exact) mass is 307 g/mol. The highest BCUT2D eigenvalue weighted by molar-refractivity contribution is 6.31. The molecule has 4 heteroatoms. The zero-order valence-electron chi connectivity index (χ0n) is 12.4. The van der Waals surface area contributed by atoms with Gasteiger partial charge in [-0.3, -0.25) is 0 Å². The van der Waals surface area contributed by atoms with Crippen LogP contribution in [0.5, 0.6) is 11.5 Å². The molecule has 0 spiro atoms. The van der Waals surface area contributed by atoms with Crippen molar-refractivity contribution in [3.63, 3.8) is 0 Å². The third-order valence-electron chi connectivity index (χ3n) is 3.07. The average Bonchev–Trinajstić information content (AvgIpc) is 2.43. The molecule has 0 saturated heterocycles. The second kappa shape index (κ2) is 6.92. The van der Waals surface area contributed by atoms with Crippen LogP contribution in [0.25, 0.3) is 0 Å². The van der Waals surface area contributed by atoms with Crippen LogP contribution in [0, 0.1) is 12.7 Å². The maximum atomic E-state index is 14.1. The summed E-state index contributed by atoms with van der Waals surface area (Å²) >= 11 is 5.96. The Balaban J connectivity index is 2.11. The fourth-order valence-corrected chi connectivity index (χ4v) is 1.98. The number of aryl methyl sites for hydroxylation is 1. The minimum atomic E-state index is -0.370. The Morgan fingerprint density at radius 2 is 1.95 bits per heavy atom. The number of halogens is 2. The number of rotatable bonds is 5. The Morgan fingerprint density at radius 1 is 1.19 bits per heavy atom. The van der Waals surface area contributed by atoms with Gasteiger partial charge < -0.3 is 10.1 Å². The predicted molar refractivity (Wildman–Crippen MR) is 84.6 cm³/mol. The second-order valence-corrected chi connectivity index (χ2v) is 5.72. The summed E-state index contributed by atoms with van der Waals surface area (Å²) in [5, 5.41) is 3.91. The molecule has 0 aliphatic carbocycles. The van der Waals surface area contributed by atoms with E-state index in [-0.39, 0.29) is 11.6 Å². The van der Waals surface area contributed by atoms with Gasteiger partial charge in [-0.1, -0.05) is 31.5 Å². The molecule has 0 saturated carbocycles. The fourth-order valence-electron chi connectivity index (χ4n) is 1.87. The van der Waals surface area contributed by atoms with Crippen LogP contribution in [0.4, 0.5) is 4.39 Å². The average molecular weight is 308 g/mol. The molecule has 21 heavy (non-hydrogen) atoms. The quantitative estimate of drug-likeness (QED) is 0.832. The molecular formula is C17H19ClFNO. The Labute approximate surface area is 129 Å². The Bertz CT molecular complexity index is 628. The first-order chi connectivity index (χ1) is 9.95. The van der Waals surface area contributed by atoms with Crippen LogP contribution in [-0.2, 0) is 6.54 Å². The van der Waals surface area contributed by atoms with E-state index in [4.69, 9.17) is 16.3 Å². The van der Waals surface area contributed by atoms with Gasteiger partial charge in [-0.15, -0.1) is 0 Å². The summed E-state index contributed by atoms with van der Waals surface area (Å²) in [6.07, 6.45) is 0. The van der Waals surface area contributed by atoms with E-state index < -0.39 is 0 Å². The van der Waals surface area contributed by atoms with Crippen LogP contribution in [-0.4, -0.2) is 6.04 Å². The van der Waals surface area contributed by atoms with Crippen LogP contribution in [0.2, 0.25) is 5.02 Å². The van der Waals surface area contributed by atoms with Crippen LogP contribution < -0.4 is 10.1 Å². The summed E-state index contributed by atoms with van der Waals surface area (Å²) in [5.74, 6) is 0.416. The van der Waals surface area contributed by atoms with Crippen molar-refractivity contribution in [2.24, 2.45) is 0 Å². The van der Waals surface area contributed by atoms with Crippen molar-refractivity contribution in [1.29, 1.82) is 0 Å². The molecule has 0 atom stereocenters. The smallest absolute Gasteiger partial charge is 0.166 e. The van der Waals surface area contributed by atoms with Gasteiger partial charge in [0.25, 0.3) is 0 Å². The molecule has 2 nitrogen and oxygen atoms in total. The van der Waals surface area contributed by atoms with Gasteiger partial charge in [-0.2, -0.15) is 0 Å². The number of nitrogens with one attached hydrogen (secondary N) is 1. The second-order valence-electron chi connectivity index (χ2n) is 5.31. The lowest BCUT2D eigenvalue weighted by Gasteiger charge is -2.11. The van der Waals surface area contributed by atoms with Gasteiger partial charge in [0.2, 0.25) is 0 Å². The normalized spacial score (nSPS) is 11.0. The number of hydrogen-bond acceptors (Lipinski definition) is 2. The first-order valence-electron chi connectivity index (χ1n) is 6.91. The third-order valence-corrected chi connectivity index (χ3v) is 3.49. The zero-order valence-corrected chi connectivity index (χ0v) is 13.2. The summed E-state index contributed by atoms with van der Waals surface area (Å²) in [6, 6.07) is 10.6. The van der Waals surface area contributed by atoms with Crippen LogP contribution in [0.1, 0.15) is 25.0 Å². The van der Waals surface area contributed by atoms with E-state index in [1.165, 1.54) is 6.07 Å². The van der Waals surface area contributed by atoms with Gasteiger partial charge in [0.05, 0.1) is 0 Å². The van der Waals surface area contributed by atoms with Gasteiger partial charge in [0.15, 0.2) is 11.6 Å². The molecule has 112 valence electrons. The van der Waals surface area contributed by atoms with Gasteiger partial charge in [0, 0.05) is 17.6 Å². The van der Waals surface area contributed by atoms with Crippen molar-refractivity contribution in [3.8, 4) is 11.5 Å². The summed E-state index contributed by atoms with van der Waals surface area (Å²) in [5.41, 5.74) is 1.79. The molecule has 0 aromatic heterocycles. The van der Waals surface area contributed by atoms with Crippen molar-refractivity contribution >= 4 is 11.6 Å². The lowest BCUT2D eigenvalue weighted by atomic mass is 10.2. The van der Waals surface area contributed by atoms with Crippen molar-refractivity contribution in [1.82, 2.24) is 5.32 Å². The summed E-state index contributed by atoms with van der Waals surface area (Å²) in [4.78, 5) is 0. The largest absolute Gasteiger partial charge is 0.454 e. The molecule has 0 bridgehead atoms. The molecule has 0 fully saturated rings. The van der Waals surface area contributed by atoms with Crippen LogP contribution in [0.3, 0.4) is 0 Å². The topological polar surface area (TPSA) is 21.3 Å². The standard InChI is InChI=1S/C17H19ClFNO/c1-11(2)20-10-13-4-7-17(16(19)9-13)21-14-5-6-15(18)12(3)8-14/h4-9,11,20H,10H2,1-3H3. The van der Waals surface area contributed by atoms with E-state index in [0.717, 1.165) is 11.1 Å². The first-order valence-corrected chi connectivity index (χ1v) is 7.29. The Kier molecular flexibility index (Phi) is 5.21. The van der Waals surface area contributed by atoms with Gasteiger partial charge >= 0.3 is 0 Å². The predicted octanol–water partition coefficient (Wildman–Crippen LogP) is 5.08. The highest BCUT2D eigenvalue weighted by Crippen LogP contribution is 2.28. The molecule has 0 aliphatic heterocycles. The molecule has 2 rings (SSSR count). The molecule has 0 aliphatic rings. The van der Waals surface area contributed by atoms with Gasteiger partial charge in [-0.05, 0) is 48.4 Å². The minimum Gasteiger partial charge on any atom is -0.454 e. The molecule has 2 aromatic carbocycles. The van der Waals surface area contributed by atoms with E-state index in [2.05, 4.69) is 19.2 Å². The zero-order chi connectivity index (χ0) is 15.4.